The third kappa shape index (κ3) is 8.37. The Morgan fingerprint density at radius 2 is 2.00 bits per heavy atom. The molecule has 0 aromatic carbocycles. The van der Waals surface area contributed by atoms with Crippen molar-refractivity contribution in [2.75, 3.05) is 19.7 Å². The zero-order valence-corrected chi connectivity index (χ0v) is 17.4. The van der Waals surface area contributed by atoms with E-state index in [4.69, 9.17) is 4.74 Å². The van der Waals surface area contributed by atoms with Gasteiger partial charge in [-0.3, -0.25) is 0 Å². The Balaban J connectivity index is 0.00000288. The van der Waals surface area contributed by atoms with Crippen molar-refractivity contribution in [3.8, 4) is 0 Å². The summed E-state index contributed by atoms with van der Waals surface area (Å²) < 4.78 is 8.06. The molecule has 1 aromatic heterocycles. The SMILES string of the molecule is CCNC(=NCc1ccn(C)c1)NCCOC1CCCCCC1.I. The van der Waals surface area contributed by atoms with Crippen molar-refractivity contribution in [1.82, 2.24) is 15.2 Å². The maximum absolute atomic E-state index is 6.01. The van der Waals surface area contributed by atoms with Gasteiger partial charge in [-0.15, -0.1) is 24.0 Å². The highest BCUT2D eigenvalue weighted by Crippen LogP contribution is 2.19. The first-order valence-corrected chi connectivity index (χ1v) is 9.02. The number of rotatable bonds is 7. The van der Waals surface area contributed by atoms with Crippen LogP contribution >= 0.6 is 24.0 Å². The van der Waals surface area contributed by atoms with Gasteiger partial charge in [0.25, 0.3) is 0 Å². The van der Waals surface area contributed by atoms with E-state index in [1.807, 2.05) is 17.8 Å². The van der Waals surface area contributed by atoms with Gasteiger partial charge >= 0.3 is 0 Å². The van der Waals surface area contributed by atoms with Crippen molar-refractivity contribution in [1.29, 1.82) is 0 Å². The van der Waals surface area contributed by atoms with E-state index in [2.05, 4.69) is 34.8 Å². The molecule has 1 heterocycles. The molecule has 0 aliphatic heterocycles. The monoisotopic (exact) mass is 448 g/mol. The van der Waals surface area contributed by atoms with E-state index in [-0.39, 0.29) is 24.0 Å². The third-order valence-electron chi connectivity index (χ3n) is 4.21. The summed E-state index contributed by atoms with van der Waals surface area (Å²) in [6, 6.07) is 2.10. The van der Waals surface area contributed by atoms with Gasteiger partial charge in [-0.2, -0.15) is 0 Å². The smallest absolute Gasteiger partial charge is 0.191 e. The van der Waals surface area contributed by atoms with E-state index >= 15 is 0 Å². The van der Waals surface area contributed by atoms with Gasteiger partial charge in [0, 0.05) is 32.5 Å². The van der Waals surface area contributed by atoms with Crippen LogP contribution in [0, 0.1) is 0 Å². The fraction of sp³-hybridized carbons (Fsp3) is 0.722. The topological polar surface area (TPSA) is 50.6 Å². The average molecular weight is 448 g/mol. The second kappa shape index (κ2) is 12.6. The number of halogens is 1. The number of aromatic nitrogens is 1. The minimum absolute atomic E-state index is 0. The molecule has 0 unspecified atom stereocenters. The van der Waals surface area contributed by atoms with E-state index in [0.717, 1.165) is 25.7 Å². The maximum Gasteiger partial charge on any atom is 0.191 e. The Bertz CT molecular complexity index is 467. The molecule has 138 valence electrons. The van der Waals surface area contributed by atoms with Gasteiger partial charge < -0.3 is 19.9 Å². The molecule has 2 N–H and O–H groups in total. The molecule has 6 heteroatoms. The summed E-state index contributed by atoms with van der Waals surface area (Å²) in [4.78, 5) is 4.62. The minimum Gasteiger partial charge on any atom is -0.376 e. The van der Waals surface area contributed by atoms with Crippen LogP contribution in [0.1, 0.15) is 51.0 Å². The molecule has 0 amide bonds. The fourth-order valence-corrected chi connectivity index (χ4v) is 2.97. The maximum atomic E-state index is 6.01. The number of aryl methyl sites for hydroxylation is 1. The van der Waals surface area contributed by atoms with Crippen molar-refractivity contribution < 1.29 is 4.74 Å². The Kier molecular flexibility index (Phi) is 11.2. The molecule has 0 spiro atoms. The van der Waals surface area contributed by atoms with Crippen LogP contribution < -0.4 is 10.6 Å². The highest BCUT2D eigenvalue weighted by atomic mass is 127. The number of hydrogen-bond acceptors (Lipinski definition) is 2. The summed E-state index contributed by atoms with van der Waals surface area (Å²) in [5, 5.41) is 6.64. The summed E-state index contributed by atoms with van der Waals surface area (Å²) in [7, 11) is 2.03. The predicted octanol–water partition coefficient (Wildman–Crippen LogP) is 3.44. The zero-order valence-electron chi connectivity index (χ0n) is 15.1. The molecule has 2 rings (SSSR count). The van der Waals surface area contributed by atoms with Crippen molar-refractivity contribution in [2.45, 2.75) is 58.1 Å². The van der Waals surface area contributed by atoms with Gasteiger partial charge in [0.05, 0.1) is 19.3 Å². The second-order valence-corrected chi connectivity index (χ2v) is 6.29. The molecule has 5 nitrogen and oxygen atoms in total. The standard InChI is InChI=1S/C18H32N4O.HI/c1-3-19-18(21-14-16-10-12-22(2)15-16)20-11-13-23-17-8-6-4-5-7-9-17;/h10,12,15,17H,3-9,11,13-14H2,1-2H3,(H2,19,20,21);1H. The highest BCUT2D eigenvalue weighted by Gasteiger charge is 2.12. The first-order chi connectivity index (χ1) is 11.3. The molecule has 0 atom stereocenters. The molecule has 1 fully saturated rings. The highest BCUT2D eigenvalue weighted by molar-refractivity contribution is 14.0. The molecule has 24 heavy (non-hydrogen) atoms. The Morgan fingerprint density at radius 1 is 1.25 bits per heavy atom. The van der Waals surface area contributed by atoms with Crippen LogP contribution in [-0.4, -0.2) is 36.3 Å². The van der Waals surface area contributed by atoms with Gasteiger partial charge in [0.15, 0.2) is 5.96 Å². The molecule has 0 bridgehead atoms. The van der Waals surface area contributed by atoms with E-state index < -0.39 is 0 Å². The van der Waals surface area contributed by atoms with Crippen molar-refractivity contribution in [3.63, 3.8) is 0 Å². The Labute approximate surface area is 163 Å². The van der Waals surface area contributed by atoms with Crippen LogP contribution in [0.4, 0.5) is 0 Å². The molecule has 1 aliphatic rings. The molecule has 1 aliphatic carbocycles. The second-order valence-electron chi connectivity index (χ2n) is 6.29. The molecule has 1 aromatic rings. The third-order valence-corrected chi connectivity index (χ3v) is 4.21. The summed E-state index contributed by atoms with van der Waals surface area (Å²) >= 11 is 0. The van der Waals surface area contributed by atoms with Crippen LogP contribution in [-0.2, 0) is 18.3 Å². The Hall–Kier alpha value is -0.760. The lowest BCUT2D eigenvalue weighted by Crippen LogP contribution is -2.39. The normalized spacial score (nSPS) is 16.3. The largest absolute Gasteiger partial charge is 0.376 e. The summed E-state index contributed by atoms with van der Waals surface area (Å²) in [6.45, 7) is 5.20. The number of nitrogens with one attached hydrogen (secondary N) is 2. The van der Waals surface area contributed by atoms with Gasteiger partial charge in [-0.1, -0.05) is 25.7 Å². The van der Waals surface area contributed by atoms with E-state index in [0.29, 0.717) is 12.6 Å². The van der Waals surface area contributed by atoms with Crippen molar-refractivity contribution in [2.24, 2.45) is 12.0 Å². The zero-order chi connectivity index (χ0) is 16.3. The quantitative estimate of drug-likeness (QED) is 0.221. The van der Waals surface area contributed by atoms with Gasteiger partial charge in [-0.25, -0.2) is 4.99 Å². The van der Waals surface area contributed by atoms with Crippen LogP contribution in [0.5, 0.6) is 0 Å². The summed E-state index contributed by atoms with van der Waals surface area (Å²) in [5.74, 6) is 0.862. The lowest BCUT2D eigenvalue weighted by atomic mass is 10.1. The number of ether oxygens (including phenoxy) is 1. The summed E-state index contributed by atoms with van der Waals surface area (Å²) in [6.07, 6.45) is 12.4. The summed E-state index contributed by atoms with van der Waals surface area (Å²) in [5.41, 5.74) is 1.22. The van der Waals surface area contributed by atoms with E-state index in [1.165, 1.54) is 44.1 Å². The molecule has 0 saturated heterocycles. The lowest BCUT2D eigenvalue weighted by Gasteiger charge is -2.16. The predicted molar refractivity (Wildman–Crippen MR) is 111 cm³/mol. The molecule has 0 radical (unpaired) electrons. The van der Waals surface area contributed by atoms with E-state index in [9.17, 15) is 0 Å². The number of aliphatic imine (C=N–C) groups is 1. The number of hydrogen-bond donors (Lipinski definition) is 2. The Morgan fingerprint density at radius 3 is 2.62 bits per heavy atom. The van der Waals surface area contributed by atoms with Crippen LogP contribution in [0.15, 0.2) is 23.5 Å². The number of guanidine groups is 1. The first kappa shape index (κ1) is 21.3. The molecule has 1 saturated carbocycles. The first-order valence-electron chi connectivity index (χ1n) is 9.02. The minimum atomic E-state index is 0. The molecular formula is C18H33IN4O. The molecular weight excluding hydrogens is 415 g/mol. The van der Waals surface area contributed by atoms with Crippen LogP contribution in [0.3, 0.4) is 0 Å². The fourth-order valence-electron chi connectivity index (χ4n) is 2.97. The van der Waals surface area contributed by atoms with Gasteiger partial charge in [-0.05, 0) is 31.4 Å². The average Bonchev–Trinajstić information content (AvgIpc) is 2.80. The van der Waals surface area contributed by atoms with Crippen molar-refractivity contribution >= 4 is 29.9 Å². The number of nitrogens with zero attached hydrogens (tertiary/aromatic N) is 2. The van der Waals surface area contributed by atoms with Crippen LogP contribution in [0.25, 0.3) is 0 Å². The van der Waals surface area contributed by atoms with E-state index in [1.54, 1.807) is 0 Å². The van der Waals surface area contributed by atoms with Crippen molar-refractivity contribution in [3.05, 3.63) is 24.0 Å². The van der Waals surface area contributed by atoms with Crippen LogP contribution in [0.2, 0.25) is 0 Å². The lowest BCUT2D eigenvalue weighted by molar-refractivity contribution is 0.0468. The van der Waals surface area contributed by atoms with Gasteiger partial charge in [0.1, 0.15) is 0 Å². The van der Waals surface area contributed by atoms with Gasteiger partial charge in [0.2, 0.25) is 0 Å².